The molecule has 2 N–H and O–H groups in total. The van der Waals surface area contributed by atoms with Gasteiger partial charge < -0.3 is 10.0 Å². The summed E-state index contributed by atoms with van der Waals surface area (Å²) in [5.74, 6) is -2.72. The zero-order chi connectivity index (χ0) is 13.3. The molecule has 0 aliphatic heterocycles. The van der Waals surface area contributed by atoms with E-state index in [1.807, 2.05) is 0 Å². The first-order valence-electron chi connectivity index (χ1n) is 4.96. The second-order valence-corrected chi connectivity index (χ2v) is 3.60. The lowest BCUT2D eigenvalue weighted by Crippen LogP contribution is -2.30. The minimum Gasteiger partial charge on any atom is -0.423 e. The molecule has 0 spiro atoms. The largest absolute Gasteiger partial charge is 0.488 e. The molecular formula is C11H7BF3NO2. The van der Waals surface area contributed by atoms with E-state index in [0.29, 0.717) is 0 Å². The molecule has 0 aliphatic rings. The molecule has 0 aliphatic carbocycles. The molecule has 0 fully saturated rings. The average Bonchev–Trinajstić information content (AvgIpc) is 2.30. The van der Waals surface area contributed by atoms with Crippen LogP contribution in [0.4, 0.5) is 13.2 Å². The van der Waals surface area contributed by atoms with Crippen LogP contribution in [0.1, 0.15) is 0 Å². The third-order valence-corrected chi connectivity index (χ3v) is 2.38. The standard InChI is InChI=1S/C11H7BF3NO2/c13-8-3-7(12(17)18)4-9(14)11(8)6-1-2-10(15)16-5-6/h1-5,17-18H. The van der Waals surface area contributed by atoms with Crippen LogP contribution < -0.4 is 5.46 Å². The molecule has 2 rings (SSSR count). The maximum Gasteiger partial charge on any atom is 0.488 e. The van der Waals surface area contributed by atoms with Gasteiger partial charge in [0.15, 0.2) is 0 Å². The topological polar surface area (TPSA) is 53.4 Å². The number of benzene rings is 1. The molecule has 1 heterocycles. The minimum absolute atomic E-state index is 0.0605. The highest BCUT2D eigenvalue weighted by molar-refractivity contribution is 6.58. The van der Waals surface area contributed by atoms with Crippen molar-refractivity contribution in [3.63, 3.8) is 0 Å². The predicted octanol–water partition coefficient (Wildman–Crippen LogP) is 0.846. The summed E-state index contributed by atoms with van der Waals surface area (Å²) < 4.78 is 40.0. The van der Waals surface area contributed by atoms with Gasteiger partial charge in [-0.1, -0.05) is 0 Å². The van der Waals surface area contributed by atoms with Gasteiger partial charge in [-0.15, -0.1) is 0 Å². The Labute approximate surface area is 101 Å². The average molecular weight is 253 g/mol. The minimum atomic E-state index is -1.96. The Bertz CT molecular complexity index is 552. The fourth-order valence-corrected chi connectivity index (χ4v) is 1.54. The number of pyridine rings is 1. The van der Waals surface area contributed by atoms with E-state index in [4.69, 9.17) is 10.0 Å². The molecule has 92 valence electrons. The van der Waals surface area contributed by atoms with E-state index < -0.39 is 30.3 Å². The highest BCUT2D eigenvalue weighted by Gasteiger charge is 2.19. The van der Waals surface area contributed by atoms with Crippen LogP contribution in [-0.4, -0.2) is 22.2 Å². The summed E-state index contributed by atoms with van der Waals surface area (Å²) >= 11 is 0. The summed E-state index contributed by atoms with van der Waals surface area (Å²) in [4.78, 5) is 3.30. The molecule has 2 aromatic rings. The van der Waals surface area contributed by atoms with Gasteiger partial charge in [0.25, 0.3) is 0 Å². The number of rotatable bonds is 2. The fraction of sp³-hybridized carbons (Fsp3) is 0. The second-order valence-electron chi connectivity index (χ2n) is 3.60. The van der Waals surface area contributed by atoms with Gasteiger partial charge in [-0.3, -0.25) is 0 Å². The Morgan fingerprint density at radius 1 is 1.00 bits per heavy atom. The number of hydrogen-bond acceptors (Lipinski definition) is 3. The van der Waals surface area contributed by atoms with Gasteiger partial charge in [-0.25, -0.2) is 13.8 Å². The molecule has 0 unspecified atom stereocenters. The van der Waals surface area contributed by atoms with Gasteiger partial charge in [0.05, 0.1) is 5.56 Å². The Morgan fingerprint density at radius 3 is 2.06 bits per heavy atom. The van der Waals surface area contributed by atoms with Crippen molar-refractivity contribution in [1.82, 2.24) is 4.98 Å². The first-order valence-corrected chi connectivity index (χ1v) is 4.96. The summed E-state index contributed by atoms with van der Waals surface area (Å²) in [6.45, 7) is 0. The van der Waals surface area contributed by atoms with Crippen molar-refractivity contribution in [1.29, 1.82) is 0 Å². The van der Waals surface area contributed by atoms with Crippen molar-refractivity contribution in [2.45, 2.75) is 0 Å². The van der Waals surface area contributed by atoms with Crippen LogP contribution in [0.15, 0.2) is 30.5 Å². The maximum atomic E-state index is 13.7. The number of aromatic nitrogens is 1. The SMILES string of the molecule is OB(O)c1cc(F)c(-c2ccc(F)nc2)c(F)c1. The molecule has 0 amide bonds. The highest BCUT2D eigenvalue weighted by Crippen LogP contribution is 2.24. The zero-order valence-electron chi connectivity index (χ0n) is 8.94. The van der Waals surface area contributed by atoms with Gasteiger partial charge in [-0.2, -0.15) is 4.39 Å². The van der Waals surface area contributed by atoms with Crippen LogP contribution in [0.25, 0.3) is 11.1 Å². The Kier molecular flexibility index (Phi) is 3.35. The molecule has 0 bridgehead atoms. The lowest BCUT2D eigenvalue weighted by atomic mass is 9.79. The normalized spacial score (nSPS) is 10.5. The monoisotopic (exact) mass is 253 g/mol. The highest BCUT2D eigenvalue weighted by atomic mass is 19.1. The Morgan fingerprint density at radius 2 is 1.61 bits per heavy atom. The Hall–Kier alpha value is -1.86. The van der Waals surface area contributed by atoms with Gasteiger partial charge in [0, 0.05) is 11.8 Å². The number of nitrogens with zero attached hydrogens (tertiary/aromatic N) is 1. The van der Waals surface area contributed by atoms with Crippen molar-refractivity contribution in [2.75, 3.05) is 0 Å². The molecule has 0 radical (unpaired) electrons. The van der Waals surface area contributed by atoms with E-state index in [0.717, 1.165) is 24.4 Å². The van der Waals surface area contributed by atoms with E-state index in [-0.39, 0.29) is 11.0 Å². The second kappa shape index (κ2) is 4.79. The zero-order valence-corrected chi connectivity index (χ0v) is 8.94. The molecule has 0 saturated heterocycles. The fourth-order valence-electron chi connectivity index (χ4n) is 1.54. The summed E-state index contributed by atoms with van der Waals surface area (Å²) in [7, 11) is -1.96. The van der Waals surface area contributed by atoms with E-state index in [1.165, 1.54) is 6.07 Å². The van der Waals surface area contributed by atoms with E-state index >= 15 is 0 Å². The summed E-state index contributed by atoms with van der Waals surface area (Å²) in [5.41, 5.74) is -0.638. The van der Waals surface area contributed by atoms with E-state index in [2.05, 4.69) is 4.98 Å². The molecule has 0 atom stereocenters. The van der Waals surface area contributed by atoms with Crippen molar-refractivity contribution in [3.8, 4) is 11.1 Å². The van der Waals surface area contributed by atoms with E-state index in [9.17, 15) is 13.2 Å². The van der Waals surface area contributed by atoms with Crippen LogP contribution in [0.2, 0.25) is 0 Å². The summed E-state index contributed by atoms with van der Waals surface area (Å²) in [6, 6.07) is 3.75. The van der Waals surface area contributed by atoms with Gasteiger partial charge >= 0.3 is 7.12 Å². The predicted molar refractivity (Wildman–Crippen MR) is 59.4 cm³/mol. The van der Waals surface area contributed by atoms with Crippen LogP contribution in [0, 0.1) is 17.6 Å². The van der Waals surface area contributed by atoms with Crippen LogP contribution >= 0.6 is 0 Å². The van der Waals surface area contributed by atoms with Gasteiger partial charge in [0.1, 0.15) is 11.6 Å². The lowest BCUT2D eigenvalue weighted by Gasteiger charge is -2.07. The van der Waals surface area contributed by atoms with Crippen molar-refractivity contribution < 1.29 is 23.2 Å². The Balaban J connectivity index is 2.55. The smallest absolute Gasteiger partial charge is 0.423 e. The van der Waals surface area contributed by atoms with Crippen LogP contribution in [0.5, 0.6) is 0 Å². The summed E-state index contributed by atoms with van der Waals surface area (Å²) in [6.07, 6.45) is 0.992. The summed E-state index contributed by atoms with van der Waals surface area (Å²) in [5, 5.41) is 17.7. The number of halogens is 3. The molecule has 18 heavy (non-hydrogen) atoms. The quantitative estimate of drug-likeness (QED) is 0.616. The molecule has 1 aromatic heterocycles. The van der Waals surface area contributed by atoms with Gasteiger partial charge in [0.2, 0.25) is 5.95 Å². The van der Waals surface area contributed by atoms with Crippen LogP contribution in [0.3, 0.4) is 0 Å². The molecule has 1 aromatic carbocycles. The third-order valence-electron chi connectivity index (χ3n) is 2.38. The van der Waals surface area contributed by atoms with Gasteiger partial charge in [-0.05, 0) is 29.7 Å². The van der Waals surface area contributed by atoms with Crippen molar-refractivity contribution in [2.24, 2.45) is 0 Å². The van der Waals surface area contributed by atoms with E-state index in [1.54, 1.807) is 0 Å². The molecular weight excluding hydrogens is 246 g/mol. The molecule has 3 nitrogen and oxygen atoms in total. The molecule has 7 heteroatoms. The first kappa shape index (κ1) is 12.6. The van der Waals surface area contributed by atoms with Crippen molar-refractivity contribution in [3.05, 3.63) is 48.0 Å². The number of hydrogen-bond donors (Lipinski definition) is 2. The third kappa shape index (κ3) is 2.37. The van der Waals surface area contributed by atoms with Crippen LogP contribution in [-0.2, 0) is 0 Å². The lowest BCUT2D eigenvalue weighted by molar-refractivity contribution is 0.425. The first-order chi connectivity index (χ1) is 8.49. The molecule has 0 saturated carbocycles. The van der Waals surface area contributed by atoms with Crippen molar-refractivity contribution >= 4 is 12.6 Å². The maximum absolute atomic E-state index is 13.7.